The molecule has 4 rings (SSSR count). The van der Waals surface area contributed by atoms with Gasteiger partial charge in [-0.2, -0.15) is 9.50 Å². The zero-order valence-electron chi connectivity index (χ0n) is 18.0. The van der Waals surface area contributed by atoms with Crippen molar-refractivity contribution in [2.75, 3.05) is 50.1 Å². The number of hydrogen-bond donors (Lipinski definition) is 2. The Bertz CT molecular complexity index is 1190. The lowest BCUT2D eigenvalue weighted by Gasteiger charge is -2.36. The third-order valence-electron chi connectivity index (χ3n) is 5.38. The molecular weight excluding hydrogens is 402 g/mol. The number of carbonyl (C=O) groups is 1. The number of nitrogens with zero attached hydrogens (tertiary/aromatic N) is 8. The average molecular weight is 427 g/mol. The number of aromatic nitrogens is 6. The van der Waals surface area contributed by atoms with E-state index in [0.29, 0.717) is 61.4 Å². The summed E-state index contributed by atoms with van der Waals surface area (Å²) in [5.41, 5.74) is 1.32. The summed E-state index contributed by atoms with van der Waals surface area (Å²) in [6.07, 6.45) is 1.85. The number of fused-ring (bicyclic) bond motifs is 1. The van der Waals surface area contributed by atoms with Crippen LogP contribution < -0.4 is 15.4 Å². The van der Waals surface area contributed by atoms with E-state index in [1.165, 1.54) is 10.8 Å². The predicted octanol–water partition coefficient (Wildman–Crippen LogP) is -0.188. The number of carbonyl (C=O) groups excluding carboxylic acids is 1. The smallest absolute Gasteiger partial charge is 0.297 e. The molecule has 3 aromatic rings. The molecular formula is C19H25N9O3. The van der Waals surface area contributed by atoms with Gasteiger partial charge in [0.1, 0.15) is 12.0 Å². The molecule has 0 aromatic carbocycles. The van der Waals surface area contributed by atoms with Gasteiger partial charge in [-0.05, 0) is 13.3 Å². The van der Waals surface area contributed by atoms with Crippen molar-refractivity contribution in [1.82, 2.24) is 34.4 Å². The second-order valence-corrected chi connectivity index (χ2v) is 7.58. The van der Waals surface area contributed by atoms with Crippen LogP contribution in [0, 0.1) is 6.92 Å². The molecule has 12 nitrogen and oxygen atoms in total. The molecule has 0 unspecified atom stereocenters. The Morgan fingerprint density at radius 1 is 1.19 bits per heavy atom. The molecule has 1 saturated heterocycles. The van der Waals surface area contributed by atoms with Crippen molar-refractivity contribution in [1.29, 1.82) is 0 Å². The minimum Gasteiger partial charge on any atom is -0.504 e. The highest BCUT2D eigenvalue weighted by Gasteiger charge is 2.28. The van der Waals surface area contributed by atoms with Crippen molar-refractivity contribution in [2.24, 2.45) is 0 Å². The zero-order chi connectivity index (χ0) is 22.3. The summed E-state index contributed by atoms with van der Waals surface area (Å²) in [4.78, 5) is 48.1. The highest BCUT2D eigenvalue weighted by molar-refractivity contribution is 5.95. The highest BCUT2D eigenvalue weighted by atomic mass is 16.3. The molecule has 1 aliphatic rings. The van der Waals surface area contributed by atoms with Crippen molar-refractivity contribution in [3.8, 4) is 5.75 Å². The van der Waals surface area contributed by atoms with Crippen molar-refractivity contribution >= 4 is 23.3 Å². The second kappa shape index (κ2) is 7.85. The van der Waals surface area contributed by atoms with Crippen molar-refractivity contribution < 1.29 is 9.90 Å². The first-order valence-corrected chi connectivity index (χ1v) is 10.1. The molecule has 12 heteroatoms. The molecule has 1 amide bonds. The van der Waals surface area contributed by atoms with Gasteiger partial charge in [0.25, 0.3) is 17.2 Å². The molecule has 164 valence electrons. The fourth-order valence-electron chi connectivity index (χ4n) is 3.61. The standard InChI is InChI=1S/C19H25N9O3/c1-5-12-14(17(31)28-18(22-12)23-19(24-28)25(3)4)26-6-8-27(9-7-26)16(30)13-15(29)11(2)20-10-21-13/h10,29H,5-9H2,1-4H3,(H,22,23,24). The summed E-state index contributed by atoms with van der Waals surface area (Å²) >= 11 is 0. The van der Waals surface area contributed by atoms with Crippen LogP contribution in [-0.4, -0.2) is 85.7 Å². The first-order chi connectivity index (χ1) is 14.8. The molecule has 1 fully saturated rings. The molecule has 31 heavy (non-hydrogen) atoms. The maximum Gasteiger partial charge on any atom is 0.297 e. The van der Waals surface area contributed by atoms with Gasteiger partial charge in [-0.25, -0.2) is 15.0 Å². The number of amides is 1. The van der Waals surface area contributed by atoms with Crippen LogP contribution in [0.3, 0.4) is 0 Å². The Morgan fingerprint density at radius 3 is 2.55 bits per heavy atom. The molecule has 0 spiro atoms. The van der Waals surface area contributed by atoms with Gasteiger partial charge >= 0.3 is 0 Å². The summed E-state index contributed by atoms with van der Waals surface area (Å²) in [6.45, 7) is 5.26. The number of nitrogens with one attached hydrogen (secondary N) is 1. The van der Waals surface area contributed by atoms with Crippen molar-refractivity contribution in [3.05, 3.63) is 33.8 Å². The van der Waals surface area contributed by atoms with Gasteiger partial charge in [0, 0.05) is 40.3 Å². The van der Waals surface area contributed by atoms with Gasteiger partial charge in [0.05, 0.1) is 11.4 Å². The summed E-state index contributed by atoms with van der Waals surface area (Å²) in [6, 6.07) is 0. The first kappa shape index (κ1) is 20.6. The van der Waals surface area contributed by atoms with Crippen LogP contribution in [0.1, 0.15) is 28.8 Å². The van der Waals surface area contributed by atoms with E-state index in [9.17, 15) is 14.7 Å². The Kier molecular flexibility index (Phi) is 5.21. The molecule has 0 radical (unpaired) electrons. The maximum atomic E-state index is 13.2. The molecule has 0 saturated carbocycles. The minimum atomic E-state index is -0.354. The average Bonchev–Trinajstić information content (AvgIpc) is 3.20. The third-order valence-corrected chi connectivity index (χ3v) is 5.38. The molecule has 4 heterocycles. The number of hydrogen-bond acceptors (Lipinski definition) is 9. The monoisotopic (exact) mass is 427 g/mol. The van der Waals surface area contributed by atoms with Crippen LogP contribution in [0.4, 0.5) is 11.6 Å². The minimum absolute atomic E-state index is 0.00738. The van der Waals surface area contributed by atoms with Crippen LogP contribution in [0.25, 0.3) is 5.78 Å². The zero-order valence-corrected chi connectivity index (χ0v) is 18.0. The van der Waals surface area contributed by atoms with E-state index >= 15 is 0 Å². The highest BCUT2D eigenvalue weighted by Crippen LogP contribution is 2.22. The third kappa shape index (κ3) is 3.53. The Balaban J connectivity index is 1.60. The molecule has 2 N–H and O–H groups in total. The van der Waals surface area contributed by atoms with Crippen LogP contribution in [-0.2, 0) is 6.42 Å². The normalized spacial score (nSPS) is 14.3. The van der Waals surface area contributed by atoms with E-state index in [0.717, 1.165) is 0 Å². The van der Waals surface area contributed by atoms with Crippen molar-refractivity contribution in [2.45, 2.75) is 20.3 Å². The summed E-state index contributed by atoms with van der Waals surface area (Å²) in [5.74, 6) is 0.316. The largest absolute Gasteiger partial charge is 0.504 e. The van der Waals surface area contributed by atoms with Crippen LogP contribution in [0.15, 0.2) is 11.1 Å². The Labute approximate surface area is 178 Å². The van der Waals surface area contributed by atoms with E-state index in [-0.39, 0.29) is 22.9 Å². The van der Waals surface area contributed by atoms with Gasteiger partial charge in [-0.1, -0.05) is 6.92 Å². The molecule has 1 aliphatic heterocycles. The summed E-state index contributed by atoms with van der Waals surface area (Å²) in [7, 11) is 3.66. The van der Waals surface area contributed by atoms with E-state index in [2.05, 4.69) is 25.0 Å². The van der Waals surface area contributed by atoms with Gasteiger partial charge < -0.3 is 19.8 Å². The predicted molar refractivity (Wildman–Crippen MR) is 114 cm³/mol. The number of H-pyrrole nitrogens is 1. The van der Waals surface area contributed by atoms with Gasteiger partial charge in [-0.15, -0.1) is 0 Å². The lowest BCUT2D eigenvalue weighted by molar-refractivity contribution is 0.0737. The fourth-order valence-corrected chi connectivity index (χ4v) is 3.61. The Hall–Kier alpha value is -3.70. The summed E-state index contributed by atoms with van der Waals surface area (Å²) < 4.78 is 1.35. The molecule has 0 bridgehead atoms. The Morgan fingerprint density at radius 2 is 1.90 bits per heavy atom. The van der Waals surface area contributed by atoms with E-state index < -0.39 is 0 Å². The van der Waals surface area contributed by atoms with E-state index in [4.69, 9.17) is 0 Å². The van der Waals surface area contributed by atoms with Crippen LogP contribution >= 0.6 is 0 Å². The van der Waals surface area contributed by atoms with E-state index in [1.54, 1.807) is 16.7 Å². The number of anilines is 2. The molecule has 0 atom stereocenters. The molecule has 3 aromatic heterocycles. The number of aryl methyl sites for hydroxylation is 2. The fraction of sp³-hybridized carbons (Fsp3) is 0.474. The maximum absolute atomic E-state index is 13.2. The number of rotatable bonds is 4. The number of piperazine rings is 1. The lowest BCUT2D eigenvalue weighted by atomic mass is 10.2. The quantitative estimate of drug-likeness (QED) is 0.581. The van der Waals surface area contributed by atoms with Gasteiger partial charge in [0.15, 0.2) is 11.4 Å². The summed E-state index contributed by atoms with van der Waals surface area (Å²) in [5, 5.41) is 13.1. The first-order valence-electron chi connectivity index (χ1n) is 10.1. The van der Waals surface area contributed by atoms with Gasteiger partial charge in [0.2, 0.25) is 5.95 Å². The number of aromatic amines is 1. The van der Waals surface area contributed by atoms with Crippen LogP contribution in [0.5, 0.6) is 5.75 Å². The van der Waals surface area contributed by atoms with Gasteiger partial charge in [-0.3, -0.25) is 14.7 Å². The topological polar surface area (TPSA) is 136 Å². The lowest BCUT2D eigenvalue weighted by Crippen LogP contribution is -2.50. The molecule has 0 aliphatic carbocycles. The van der Waals surface area contributed by atoms with Crippen LogP contribution in [0.2, 0.25) is 0 Å². The van der Waals surface area contributed by atoms with Crippen molar-refractivity contribution in [3.63, 3.8) is 0 Å². The van der Waals surface area contributed by atoms with E-state index in [1.807, 2.05) is 25.9 Å². The SMILES string of the molecule is CCc1nc2nc(N(C)C)[nH]n2c(=O)c1N1CCN(C(=O)c2ncnc(C)c2O)CC1. The second-order valence-electron chi connectivity index (χ2n) is 7.58. The number of aromatic hydroxyl groups is 1.